The van der Waals surface area contributed by atoms with Crippen LogP contribution in [0.5, 0.6) is 0 Å². The first kappa shape index (κ1) is 11.1. The minimum atomic E-state index is 0.0395. The van der Waals surface area contributed by atoms with E-state index in [4.69, 9.17) is 0 Å². The maximum Gasteiger partial charge on any atom is 0.274 e. The zero-order chi connectivity index (χ0) is 11.5. The van der Waals surface area contributed by atoms with Crippen molar-refractivity contribution in [3.8, 4) is 0 Å². The Kier molecular flexibility index (Phi) is 3.24. The molecule has 0 aromatic carbocycles. The van der Waals surface area contributed by atoms with E-state index in [1.807, 2.05) is 11.8 Å². The Morgan fingerprint density at radius 1 is 1.62 bits per heavy atom. The van der Waals surface area contributed by atoms with Crippen LogP contribution >= 0.6 is 0 Å². The van der Waals surface area contributed by atoms with Crippen molar-refractivity contribution >= 4 is 5.91 Å². The fraction of sp³-hybridized carbons (Fsp3) is 0.636. The Morgan fingerprint density at radius 3 is 2.81 bits per heavy atom. The zero-order valence-corrected chi connectivity index (χ0v) is 9.79. The Hall–Kier alpha value is -1.36. The average Bonchev–Trinajstić information content (AvgIpc) is 2.60. The maximum absolute atomic E-state index is 12.2. The number of carbonyl (C=O) groups is 1. The molecule has 0 radical (unpaired) electrons. The van der Waals surface area contributed by atoms with Gasteiger partial charge in [0.1, 0.15) is 5.69 Å². The van der Waals surface area contributed by atoms with Gasteiger partial charge in [0.05, 0.1) is 6.04 Å². The number of nitrogens with zero attached hydrogens (tertiary/aromatic N) is 2. The van der Waals surface area contributed by atoms with Crippen molar-refractivity contribution in [2.24, 2.45) is 0 Å². The van der Waals surface area contributed by atoms with Gasteiger partial charge in [-0.2, -0.15) is 5.10 Å². The minimum Gasteiger partial charge on any atom is -0.332 e. The van der Waals surface area contributed by atoms with Gasteiger partial charge < -0.3 is 10.2 Å². The van der Waals surface area contributed by atoms with Gasteiger partial charge in [-0.05, 0) is 19.4 Å². The van der Waals surface area contributed by atoms with Gasteiger partial charge in [-0.25, -0.2) is 0 Å². The van der Waals surface area contributed by atoms with Crippen LogP contribution < -0.4 is 5.32 Å². The third-order valence-electron chi connectivity index (χ3n) is 2.85. The summed E-state index contributed by atoms with van der Waals surface area (Å²) in [7, 11) is 0. The van der Waals surface area contributed by atoms with Crippen LogP contribution in [0.25, 0.3) is 0 Å². The standard InChI is InChI=1S/C11H18N4O/c1-3-4-15(9-6-12-7-9)11(16)10-5-8(2)13-14-10/h5,9,12H,3-4,6-7H2,1-2H3,(H,13,14). The van der Waals surface area contributed by atoms with Crippen LogP contribution in [0.1, 0.15) is 29.5 Å². The molecule has 0 unspecified atom stereocenters. The number of hydrogen-bond donors (Lipinski definition) is 2. The quantitative estimate of drug-likeness (QED) is 0.781. The van der Waals surface area contributed by atoms with Crippen molar-refractivity contribution in [1.29, 1.82) is 0 Å². The van der Waals surface area contributed by atoms with Crippen molar-refractivity contribution in [2.75, 3.05) is 19.6 Å². The predicted molar refractivity (Wildman–Crippen MR) is 61.3 cm³/mol. The molecule has 88 valence electrons. The normalized spacial score (nSPS) is 15.9. The summed E-state index contributed by atoms with van der Waals surface area (Å²) < 4.78 is 0. The molecule has 0 spiro atoms. The van der Waals surface area contributed by atoms with Crippen LogP contribution in [0.4, 0.5) is 0 Å². The molecule has 2 N–H and O–H groups in total. The highest BCUT2D eigenvalue weighted by Gasteiger charge is 2.29. The Morgan fingerprint density at radius 2 is 2.38 bits per heavy atom. The lowest BCUT2D eigenvalue weighted by Gasteiger charge is -2.37. The summed E-state index contributed by atoms with van der Waals surface area (Å²) in [5, 5.41) is 10.0. The van der Waals surface area contributed by atoms with Crippen molar-refractivity contribution in [3.05, 3.63) is 17.5 Å². The van der Waals surface area contributed by atoms with Crippen molar-refractivity contribution in [2.45, 2.75) is 26.3 Å². The van der Waals surface area contributed by atoms with Gasteiger partial charge in [-0.3, -0.25) is 9.89 Å². The van der Waals surface area contributed by atoms with E-state index in [0.29, 0.717) is 11.7 Å². The molecule has 1 aliphatic heterocycles. The van der Waals surface area contributed by atoms with E-state index in [-0.39, 0.29) is 5.91 Å². The molecule has 5 heteroatoms. The Balaban J connectivity index is 2.09. The molecular formula is C11H18N4O. The number of aromatic amines is 1. The molecule has 5 nitrogen and oxygen atoms in total. The third kappa shape index (κ3) is 2.09. The van der Waals surface area contributed by atoms with Crippen LogP contribution in [-0.4, -0.2) is 46.7 Å². The lowest BCUT2D eigenvalue weighted by Crippen LogP contribution is -2.59. The lowest BCUT2D eigenvalue weighted by molar-refractivity contribution is 0.0609. The summed E-state index contributed by atoms with van der Waals surface area (Å²) in [6, 6.07) is 2.14. The molecule has 1 aromatic heterocycles. The molecule has 16 heavy (non-hydrogen) atoms. The van der Waals surface area contributed by atoms with E-state index in [0.717, 1.165) is 31.7 Å². The first-order chi connectivity index (χ1) is 7.72. The van der Waals surface area contributed by atoms with Gasteiger partial charge in [-0.1, -0.05) is 6.92 Å². The molecular weight excluding hydrogens is 204 g/mol. The smallest absolute Gasteiger partial charge is 0.274 e. The predicted octanol–water partition coefficient (Wildman–Crippen LogP) is 0.542. The van der Waals surface area contributed by atoms with Crippen LogP contribution in [0.2, 0.25) is 0 Å². The number of aromatic nitrogens is 2. The minimum absolute atomic E-state index is 0.0395. The molecule has 1 aliphatic rings. The van der Waals surface area contributed by atoms with Crippen molar-refractivity contribution in [1.82, 2.24) is 20.4 Å². The van der Waals surface area contributed by atoms with E-state index in [1.54, 1.807) is 6.07 Å². The van der Waals surface area contributed by atoms with Crippen LogP contribution in [0.15, 0.2) is 6.07 Å². The van der Waals surface area contributed by atoms with E-state index >= 15 is 0 Å². The zero-order valence-electron chi connectivity index (χ0n) is 9.79. The highest BCUT2D eigenvalue weighted by Crippen LogP contribution is 2.11. The first-order valence-electron chi connectivity index (χ1n) is 5.76. The summed E-state index contributed by atoms with van der Waals surface area (Å²) in [6.07, 6.45) is 0.978. The molecule has 1 fully saturated rings. The number of carbonyl (C=O) groups excluding carboxylic acids is 1. The molecule has 1 aromatic rings. The summed E-state index contributed by atoms with van der Waals surface area (Å²) in [6.45, 7) is 6.59. The van der Waals surface area contributed by atoms with Gasteiger partial charge in [0, 0.05) is 25.3 Å². The number of rotatable bonds is 4. The third-order valence-corrected chi connectivity index (χ3v) is 2.85. The number of aryl methyl sites for hydroxylation is 1. The second-order valence-corrected chi connectivity index (χ2v) is 4.25. The fourth-order valence-electron chi connectivity index (χ4n) is 1.86. The molecule has 2 heterocycles. The highest BCUT2D eigenvalue weighted by atomic mass is 16.2. The maximum atomic E-state index is 12.2. The van der Waals surface area contributed by atoms with E-state index in [9.17, 15) is 4.79 Å². The molecule has 1 saturated heterocycles. The SMILES string of the molecule is CCCN(C(=O)c1cc(C)[nH]n1)C1CNC1. The van der Waals surface area contributed by atoms with Crippen molar-refractivity contribution < 1.29 is 4.79 Å². The largest absolute Gasteiger partial charge is 0.332 e. The molecule has 0 aliphatic carbocycles. The molecule has 0 atom stereocenters. The second-order valence-electron chi connectivity index (χ2n) is 4.25. The summed E-state index contributed by atoms with van der Waals surface area (Å²) in [4.78, 5) is 14.1. The molecule has 2 rings (SSSR count). The van der Waals surface area contributed by atoms with Crippen LogP contribution in [0, 0.1) is 6.92 Å². The van der Waals surface area contributed by atoms with Crippen molar-refractivity contribution in [3.63, 3.8) is 0 Å². The second kappa shape index (κ2) is 4.65. The Labute approximate surface area is 95.2 Å². The summed E-state index contributed by atoms with van der Waals surface area (Å²) >= 11 is 0. The van der Waals surface area contributed by atoms with Gasteiger partial charge in [0.2, 0.25) is 0 Å². The molecule has 0 saturated carbocycles. The molecule has 0 bridgehead atoms. The monoisotopic (exact) mass is 222 g/mol. The number of amides is 1. The van der Waals surface area contributed by atoms with Crippen LogP contribution in [0.3, 0.4) is 0 Å². The number of hydrogen-bond acceptors (Lipinski definition) is 3. The van der Waals surface area contributed by atoms with Gasteiger partial charge in [0.25, 0.3) is 5.91 Å². The number of nitrogens with one attached hydrogen (secondary N) is 2. The van der Waals surface area contributed by atoms with Gasteiger partial charge in [0.15, 0.2) is 0 Å². The fourth-order valence-corrected chi connectivity index (χ4v) is 1.86. The van der Waals surface area contributed by atoms with E-state index in [2.05, 4.69) is 22.4 Å². The average molecular weight is 222 g/mol. The highest BCUT2D eigenvalue weighted by molar-refractivity contribution is 5.92. The topological polar surface area (TPSA) is 61.0 Å². The van der Waals surface area contributed by atoms with E-state index in [1.165, 1.54) is 0 Å². The van der Waals surface area contributed by atoms with Gasteiger partial charge in [-0.15, -0.1) is 0 Å². The molecule has 1 amide bonds. The van der Waals surface area contributed by atoms with Crippen LogP contribution in [-0.2, 0) is 0 Å². The Bertz CT molecular complexity index is 370. The summed E-state index contributed by atoms with van der Waals surface area (Å²) in [5.41, 5.74) is 1.45. The lowest BCUT2D eigenvalue weighted by atomic mass is 10.1. The van der Waals surface area contributed by atoms with Gasteiger partial charge >= 0.3 is 0 Å². The van der Waals surface area contributed by atoms with E-state index < -0.39 is 0 Å². The summed E-state index contributed by atoms with van der Waals surface area (Å²) in [5.74, 6) is 0.0395. The first-order valence-corrected chi connectivity index (χ1v) is 5.76. The number of H-pyrrole nitrogens is 1.